The quantitative estimate of drug-likeness (QED) is 0.601. The predicted molar refractivity (Wildman–Crippen MR) is 87.1 cm³/mol. The summed E-state index contributed by atoms with van der Waals surface area (Å²) in [7, 11) is 0. The molecule has 2 aromatic rings. The van der Waals surface area contributed by atoms with Crippen LogP contribution >= 0.6 is 0 Å². The SMILES string of the molecule is CC(C)c1ccc(C(CCOc2ccccc2)NN)cc1. The molecule has 0 spiro atoms. The summed E-state index contributed by atoms with van der Waals surface area (Å²) in [5, 5.41) is 0. The van der Waals surface area contributed by atoms with Gasteiger partial charge in [0.05, 0.1) is 6.61 Å². The summed E-state index contributed by atoms with van der Waals surface area (Å²) >= 11 is 0. The van der Waals surface area contributed by atoms with E-state index in [1.54, 1.807) is 0 Å². The molecule has 0 saturated carbocycles. The van der Waals surface area contributed by atoms with Crippen molar-refractivity contribution in [1.82, 2.24) is 5.43 Å². The Morgan fingerprint density at radius 3 is 2.14 bits per heavy atom. The van der Waals surface area contributed by atoms with E-state index in [1.165, 1.54) is 11.1 Å². The molecule has 3 nitrogen and oxygen atoms in total. The van der Waals surface area contributed by atoms with Crippen molar-refractivity contribution in [3.05, 3.63) is 65.7 Å². The first-order valence-electron chi connectivity index (χ1n) is 7.44. The predicted octanol–water partition coefficient (Wildman–Crippen LogP) is 3.78. The van der Waals surface area contributed by atoms with Crippen molar-refractivity contribution in [1.29, 1.82) is 0 Å². The number of rotatable bonds is 7. The van der Waals surface area contributed by atoms with Crippen molar-refractivity contribution in [3.8, 4) is 5.75 Å². The van der Waals surface area contributed by atoms with Gasteiger partial charge < -0.3 is 4.74 Å². The molecule has 21 heavy (non-hydrogen) atoms. The van der Waals surface area contributed by atoms with E-state index in [0.717, 1.165) is 12.2 Å². The van der Waals surface area contributed by atoms with E-state index in [1.807, 2.05) is 30.3 Å². The van der Waals surface area contributed by atoms with Gasteiger partial charge in [-0.05, 0) is 29.2 Å². The molecule has 1 unspecified atom stereocenters. The Morgan fingerprint density at radius 2 is 1.57 bits per heavy atom. The summed E-state index contributed by atoms with van der Waals surface area (Å²) in [6.07, 6.45) is 0.826. The number of hydrogen-bond acceptors (Lipinski definition) is 3. The van der Waals surface area contributed by atoms with Crippen molar-refractivity contribution in [2.45, 2.75) is 32.2 Å². The highest BCUT2D eigenvalue weighted by molar-refractivity contribution is 5.27. The maximum absolute atomic E-state index is 5.73. The summed E-state index contributed by atoms with van der Waals surface area (Å²) in [6.45, 7) is 5.02. The van der Waals surface area contributed by atoms with E-state index in [-0.39, 0.29) is 6.04 Å². The molecule has 3 heteroatoms. The largest absolute Gasteiger partial charge is 0.494 e. The lowest BCUT2D eigenvalue weighted by molar-refractivity contribution is 0.287. The molecule has 2 aromatic carbocycles. The molecule has 0 heterocycles. The molecule has 3 N–H and O–H groups in total. The van der Waals surface area contributed by atoms with Gasteiger partial charge in [0.25, 0.3) is 0 Å². The molecule has 0 aliphatic carbocycles. The summed E-state index contributed by atoms with van der Waals surface area (Å²) in [6, 6.07) is 18.6. The van der Waals surface area contributed by atoms with Gasteiger partial charge in [-0.2, -0.15) is 0 Å². The van der Waals surface area contributed by atoms with Crippen LogP contribution in [0.5, 0.6) is 5.75 Å². The molecule has 0 saturated heterocycles. The van der Waals surface area contributed by atoms with Crippen molar-refractivity contribution in [2.75, 3.05) is 6.61 Å². The molecule has 0 fully saturated rings. The smallest absolute Gasteiger partial charge is 0.119 e. The molecular weight excluding hydrogens is 260 g/mol. The third-order valence-corrected chi connectivity index (χ3v) is 3.63. The average Bonchev–Trinajstić information content (AvgIpc) is 2.53. The second-order valence-electron chi connectivity index (χ2n) is 5.49. The molecular formula is C18H24N2O. The molecule has 1 atom stereocenters. The lowest BCUT2D eigenvalue weighted by Crippen LogP contribution is -2.29. The summed E-state index contributed by atoms with van der Waals surface area (Å²) in [4.78, 5) is 0. The minimum atomic E-state index is 0.106. The van der Waals surface area contributed by atoms with E-state index in [9.17, 15) is 0 Å². The van der Waals surface area contributed by atoms with Crippen LogP contribution in [0.25, 0.3) is 0 Å². The standard InChI is InChI=1S/C18H24N2O/c1-14(2)15-8-10-16(11-9-15)18(20-19)12-13-21-17-6-4-3-5-7-17/h3-11,14,18,20H,12-13,19H2,1-2H3. The number of ether oxygens (including phenoxy) is 1. The normalized spacial score (nSPS) is 12.4. The highest BCUT2D eigenvalue weighted by atomic mass is 16.5. The topological polar surface area (TPSA) is 47.3 Å². The van der Waals surface area contributed by atoms with Gasteiger partial charge in [-0.25, -0.2) is 0 Å². The second kappa shape index (κ2) is 7.81. The first-order valence-corrected chi connectivity index (χ1v) is 7.44. The van der Waals surface area contributed by atoms with Crippen LogP contribution in [0.1, 0.15) is 43.4 Å². The van der Waals surface area contributed by atoms with Gasteiger partial charge in [0.15, 0.2) is 0 Å². The van der Waals surface area contributed by atoms with Crippen LogP contribution < -0.4 is 16.0 Å². The first-order chi connectivity index (χ1) is 10.2. The average molecular weight is 284 g/mol. The van der Waals surface area contributed by atoms with Crippen LogP contribution in [0.3, 0.4) is 0 Å². The third-order valence-electron chi connectivity index (χ3n) is 3.63. The second-order valence-corrected chi connectivity index (χ2v) is 5.49. The molecule has 0 bridgehead atoms. The summed E-state index contributed by atoms with van der Waals surface area (Å²) < 4.78 is 5.73. The maximum atomic E-state index is 5.73. The van der Waals surface area contributed by atoms with E-state index in [2.05, 4.69) is 43.5 Å². The van der Waals surface area contributed by atoms with Crippen LogP contribution in [-0.4, -0.2) is 6.61 Å². The Kier molecular flexibility index (Phi) is 5.78. The van der Waals surface area contributed by atoms with Gasteiger partial charge in [0.1, 0.15) is 5.75 Å². The minimum Gasteiger partial charge on any atom is -0.494 e. The monoisotopic (exact) mass is 284 g/mol. The van der Waals surface area contributed by atoms with Gasteiger partial charge in [0.2, 0.25) is 0 Å². The zero-order valence-corrected chi connectivity index (χ0v) is 12.8. The lowest BCUT2D eigenvalue weighted by Gasteiger charge is -2.17. The van der Waals surface area contributed by atoms with Crippen molar-refractivity contribution in [2.24, 2.45) is 5.84 Å². The zero-order chi connectivity index (χ0) is 15.1. The van der Waals surface area contributed by atoms with Crippen LogP contribution in [0.2, 0.25) is 0 Å². The van der Waals surface area contributed by atoms with E-state index in [4.69, 9.17) is 10.6 Å². The Bertz CT molecular complexity index is 523. The zero-order valence-electron chi connectivity index (χ0n) is 12.8. The van der Waals surface area contributed by atoms with E-state index >= 15 is 0 Å². The molecule has 2 rings (SSSR count). The van der Waals surface area contributed by atoms with Gasteiger partial charge in [-0.15, -0.1) is 0 Å². The first kappa shape index (κ1) is 15.5. The van der Waals surface area contributed by atoms with Gasteiger partial charge in [-0.3, -0.25) is 11.3 Å². The lowest BCUT2D eigenvalue weighted by atomic mass is 9.98. The molecule has 0 radical (unpaired) electrons. The Balaban J connectivity index is 1.90. The molecule has 0 aromatic heterocycles. The number of hydrogen-bond donors (Lipinski definition) is 2. The number of nitrogens with two attached hydrogens (primary N) is 1. The van der Waals surface area contributed by atoms with E-state index < -0.39 is 0 Å². The van der Waals surface area contributed by atoms with Crippen LogP contribution in [0.15, 0.2) is 54.6 Å². The molecule has 0 amide bonds. The fourth-order valence-corrected chi connectivity index (χ4v) is 2.27. The Hall–Kier alpha value is -1.84. The molecule has 0 aliphatic rings. The highest BCUT2D eigenvalue weighted by Gasteiger charge is 2.10. The Morgan fingerprint density at radius 1 is 0.952 bits per heavy atom. The van der Waals surface area contributed by atoms with Crippen LogP contribution in [0.4, 0.5) is 0 Å². The van der Waals surface area contributed by atoms with Crippen molar-refractivity contribution in [3.63, 3.8) is 0 Å². The maximum Gasteiger partial charge on any atom is 0.119 e. The molecule has 112 valence electrons. The van der Waals surface area contributed by atoms with Gasteiger partial charge in [0, 0.05) is 12.5 Å². The fourth-order valence-electron chi connectivity index (χ4n) is 2.27. The fraction of sp³-hybridized carbons (Fsp3) is 0.333. The number of nitrogens with one attached hydrogen (secondary N) is 1. The van der Waals surface area contributed by atoms with Crippen LogP contribution in [0, 0.1) is 0 Å². The summed E-state index contributed by atoms with van der Waals surface area (Å²) in [5.74, 6) is 7.11. The highest BCUT2D eigenvalue weighted by Crippen LogP contribution is 2.21. The number of para-hydroxylation sites is 1. The van der Waals surface area contributed by atoms with Gasteiger partial charge in [-0.1, -0.05) is 56.3 Å². The van der Waals surface area contributed by atoms with E-state index in [0.29, 0.717) is 12.5 Å². The minimum absolute atomic E-state index is 0.106. The Labute approximate surface area is 127 Å². The van der Waals surface area contributed by atoms with Crippen molar-refractivity contribution < 1.29 is 4.74 Å². The number of hydrazine groups is 1. The van der Waals surface area contributed by atoms with Crippen LogP contribution in [-0.2, 0) is 0 Å². The van der Waals surface area contributed by atoms with Gasteiger partial charge >= 0.3 is 0 Å². The third kappa shape index (κ3) is 4.59. The molecule has 0 aliphatic heterocycles. The number of benzene rings is 2. The summed E-state index contributed by atoms with van der Waals surface area (Å²) in [5.41, 5.74) is 5.41. The van der Waals surface area contributed by atoms with Crippen molar-refractivity contribution >= 4 is 0 Å².